The van der Waals surface area contributed by atoms with Crippen molar-refractivity contribution in [2.75, 3.05) is 6.54 Å². The van der Waals surface area contributed by atoms with Crippen LogP contribution in [0.2, 0.25) is 0 Å². The van der Waals surface area contributed by atoms with Gasteiger partial charge < -0.3 is 0 Å². The summed E-state index contributed by atoms with van der Waals surface area (Å²) in [7, 11) is -7.32. The Bertz CT molecular complexity index is 796. The molecule has 0 fully saturated rings. The summed E-state index contributed by atoms with van der Waals surface area (Å²) in [5.74, 6) is 0. The number of hydrogen-bond acceptors (Lipinski definition) is 5. The maximum absolute atomic E-state index is 11.8. The summed E-state index contributed by atoms with van der Waals surface area (Å²) in [4.78, 5) is 0.0179. The molecule has 0 saturated heterocycles. The van der Waals surface area contributed by atoms with E-state index in [0.29, 0.717) is 6.42 Å². The van der Waals surface area contributed by atoms with Crippen molar-refractivity contribution in [3.63, 3.8) is 0 Å². The summed E-state index contributed by atoms with van der Waals surface area (Å²) in [5.41, 5.74) is 0.787. The van der Waals surface area contributed by atoms with Crippen LogP contribution in [0.1, 0.15) is 5.56 Å². The molecule has 4 N–H and O–H groups in total. The SMILES string of the molecule is NS(=O)(=O)c1ccc(CCNS(=O)(=O)c2ccn[nH]2)cc1. The normalized spacial score (nSPS) is 12.4. The van der Waals surface area contributed by atoms with Crippen LogP contribution in [0.5, 0.6) is 0 Å². The Morgan fingerprint density at radius 3 is 2.29 bits per heavy atom. The maximum atomic E-state index is 11.8. The number of aromatic amines is 1. The van der Waals surface area contributed by atoms with Gasteiger partial charge in [-0.2, -0.15) is 5.10 Å². The highest BCUT2D eigenvalue weighted by Gasteiger charge is 2.14. The van der Waals surface area contributed by atoms with E-state index < -0.39 is 20.0 Å². The zero-order valence-electron chi connectivity index (χ0n) is 10.9. The largest absolute Gasteiger partial charge is 0.266 e. The molecule has 1 heterocycles. The monoisotopic (exact) mass is 330 g/mol. The molecule has 0 aliphatic heterocycles. The number of hydrogen-bond donors (Lipinski definition) is 3. The zero-order valence-corrected chi connectivity index (χ0v) is 12.5. The van der Waals surface area contributed by atoms with Gasteiger partial charge in [0.25, 0.3) is 10.0 Å². The third-order valence-electron chi connectivity index (χ3n) is 2.72. The van der Waals surface area contributed by atoms with Crippen LogP contribution in [-0.2, 0) is 26.5 Å². The average molecular weight is 330 g/mol. The topological polar surface area (TPSA) is 135 Å². The first kappa shape index (κ1) is 15.6. The van der Waals surface area contributed by atoms with E-state index in [1.807, 2.05) is 0 Å². The van der Waals surface area contributed by atoms with E-state index >= 15 is 0 Å². The Morgan fingerprint density at radius 1 is 1.10 bits per heavy atom. The fourth-order valence-electron chi connectivity index (χ4n) is 1.65. The maximum Gasteiger partial charge on any atom is 0.257 e. The molecule has 0 amide bonds. The first-order valence-electron chi connectivity index (χ1n) is 5.90. The molecule has 0 bridgehead atoms. The first-order chi connectivity index (χ1) is 9.79. The molecule has 21 heavy (non-hydrogen) atoms. The van der Waals surface area contributed by atoms with Crippen LogP contribution in [0.25, 0.3) is 0 Å². The number of aromatic nitrogens is 2. The van der Waals surface area contributed by atoms with Crippen LogP contribution in [0, 0.1) is 0 Å². The molecule has 1 aromatic heterocycles. The lowest BCUT2D eigenvalue weighted by Crippen LogP contribution is -2.26. The highest BCUT2D eigenvalue weighted by atomic mass is 32.2. The number of nitrogens with one attached hydrogen (secondary N) is 2. The summed E-state index contributed by atoms with van der Waals surface area (Å²) in [6, 6.07) is 7.29. The Morgan fingerprint density at radius 2 is 1.76 bits per heavy atom. The fourth-order valence-corrected chi connectivity index (χ4v) is 3.10. The van der Waals surface area contributed by atoms with Gasteiger partial charge in [-0.05, 0) is 30.2 Å². The van der Waals surface area contributed by atoms with Crippen LogP contribution in [0.3, 0.4) is 0 Å². The lowest BCUT2D eigenvalue weighted by Gasteiger charge is -2.05. The predicted octanol–water partition coefficient (Wildman–Crippen LogP) is -0.422. The van der Waals surface area contributed by atoms with Crippen LogP contribution in [-0.4, -0.2) is 33.6 Å². The summed E-state index contributed by atoms with van der Waals surface area (Å²) in [6.45, 7) is 0.177. The van der Waals surface area contributed by atoms with Gasteiger partial charge in [0.2, 0.25) is 10.0 Å². The Hall–Kier alpha value is -1.75. The van der Waals surface area contributed by atoms with Crippen molar-refractivity contribution in [1.82, 2.24) is 14.9 Å². The molecule has 8 nitrogen and oxygen atoms in total. The number of rotatable bonds is 6. The molecule has 0 saturated carbocycles. The van der Waals surface area contributed by atoms with Crippen molar-refractivity contribution in [3.05, 3.63) is 42.1 Å². The molecule has 0 spiro atoms. The quantitative estimate of drug-likeness (QED) is 0.661. The molecule has 0 aliphatic rings. The van der Waals surface area contributed by atoms with Gasteiger partial charge in [-0.1, -0.05) is 12.1 Å². The molecule has 0 radical (unpaired) electrons. The summed E-state index contributed by atoms with van der Waals surface area (Å²) in [5, 5.41) is 10.9. The second kappa shape index (κ2) is 5.93. The molecule has 2 rings (SSSR count). The second-order valence-electron chi connectivity index (χ2n) is 4.26. The number of primary sulfonamides is 1. The van der Waals surface area contributed by atoms with Crippen LogP contribution < -0.4 is 9.86 Å². The summed E-state index contributed by atoms with van der Waals surface area (Å²) < 4.78 is 48.2. The Balaban J connectivity index is 1.95. The van der Waals surface area contributed by atoms with Gasteiger partial charge in [-0.25, -0.2) is 26.7 Å². The van der Waals surface area contributed by atoms with E-state index in [2.05, 4.69) is 14.9 Å². The van der Waals surface area contributed by atoms with E-state index in [4.69, 9.17) is 5.14 Å². The van der Waals surface area contributed by atoms with Gasteiger partial charge in [-0.15, -0.1) is 0 Å². The molecule has 0 aliphatic carbocycles. The molecule has 114 valence electrons. The number of H-pyrrole nitrogens is 1. The van der Waals surface area contributed by atoms with Crippen molar-refractivity contribution in [1.29, 1.82) is 0 Å². The summed E-state index contributed by atoms with van der Waals surface area (Å²) in [6.07, 6.45) is 1.76. The predicted molar refractivity (Wildman–Crippen MR) is 75.3 cm³/mol. The van der Waals surface area contributed by atoms with Crippen molar-refractivity contribution < 1.29 is 16.8 Å². The van der Waals surface area contributed by atoms with Gasteiger partial charge in [-0.3, -0.25) is 5.10 Å². The number of sulfonamides is 2. The van der Waals surface area contributed by atoms with Crippen LogP contribution in [0.15, 0.2) is 46.5 Å². The van der Waals surface area contributed by atoms with Crippen LogP contribution in [0.4, 0.5) is 0 Å². The lowest BCUT2D eigenvalue weighted by molar-refractivity contribution is 0.577. The zero-order chi connectivity index (χ0) is 15.5. The van der Waals surface area contributed by atoms with Gasteiger partial charge >= 0.3 is 0 Å². The summed E-state index contributed by atoms with van der Waals surface area (Å²) >= 11 is 0. The van der Waals surface area contributed by atoms with E-state index in [0.717, 1.165) is 5.56 Å². The van der Waals surface area contributed by atoms with Gasteiger partial charge in [0.15, 0.2) is 5.03 Å². The van der Waals surface area contributed by atoms with Crippen LogP contribution >= 0.6 is 0 Å². The molecule has 0 atom stereocenters. The van der Waals surface area contributed by atoms with Crippen molar-refractivity contribution >= 4 is 20.0 Å². The fraction of sp³-hybridized carbons (Fsp3) is 0.182. The van der Waals surface area contributed by atoms with Gasteiger partial charge in [0.1, 0.15) is 0 Å². The Kier molecular flexibility index (Phi) is 4.42. The average Bonchev–Trinajstić information content (AvgIpc) is 2.92. The number of nitrogens with two attached hydrogens (primary N) is 1. The van der Waals surface area contributed by atoms with Gasteiger partial charge in [0, 0.05) is 6.54 Å². The molecule has 2 aromatic rings. The highest BCUT2D eigenvalue weighted by Crippen LogP contribution is 2.09. The van der Waals surface area contributed by atoms with E-state index in [-0.39, 0.29) is 16.5 Å². The minimum absolute atomic E-state index is 0.00734. The molecular weight excluding hydrogens is 316 g/mol. The second-order valence-corrected chi connectivity index (χ2v) is 7.55. The molecular formula is C11H14N4O4S2. The van der Waals surface area contributed by atoms with Crippen molar-refractivity contribution in [2.24, 2.45) is 5.14 Å². The minimum Gasteiger partial charge on any atom is -0.266 e. The number of nitrogens with zero attached hydrogens (tertiary/aromatic N) is 1. The van der Waals surface area contributed by atoms with E-state index in [1.165, 1.54) is 24.4 Å². The Labute approximate surface area is 122 Å². The third kappa shape index (κ3) is 4.11. The minimum atomic E-state index is -3.72. The van der Waals surface area contributed by atoms with E-state index in [9.17, 15) is 16.8 Å². The molecule has 1 aromatic carbocycles. The standard InChI is InChI=1S/C11H14N4O4S2/c12-20(16,17)10-3-1-9(2-4-10)5-8-14-21(18,19)11-6-7-13-15-11/h1-4,6-7,14H,5,8H2,(H,13,15)(H2,12,16,17). The lowest BCUT2D eigenvalue weighted by atomic mass is 10.2. The molecule has 0 unspecified atom stereocenters. The smallest absolute Gasteiger partial charge is 0.257 e. The van der Waals surface area contributed by atoms with Crippen molar-refractivity contribution in [2.45, 2.75) is 16.3 Å². The first-order valence-corrected chi connectivity index (χ1v) is 8.93. The third-order valence-corrected chi connectivity index (χ3v) is 5.04. The van der Waals surface area contributed by atoms with E-state index in [1.54, 1.807) is 12.1 Å². The van der Waals surface area contributed by atoms with Gasteiger partial charge in [0.05, 0.1) is 11.1 Å². The number of benzene rings is 1. The highest BCUT2D eigenvalue weighted by molar-refractivity contribution is 7.89. The molecule has 10 heteroatoms. The van der Waals surface area contributed by atoms with Crippen molar-refractivity contribution in [3.8, 4) is 0 Å².